The normalized spacial score (nSPS) is 21.7. The summed E-state index contributed by atoms with van der Waals surface area (Å²) in [6.07, 6.45) is 10.5. The van der Waals surface area contributed by atoms with E-state index < -0.39 is 0 Å². The largest absolute Gasteiger partial charge is 0.371 e. The Morgan fingerprint density at radius 3 is 2.78 bits per heavy atom. The van der Waals surface area contributed by atoms with Crippen LogP contribution in [0.5, 0.6) is 0 Å². The fraction of sp³-hybridized carbons (Fsp3) is 0.533. The minimum absolute atomic E-state index is 0.864. The topological polar surface area (TPSA) is 30.3 Å². The molecule has 18 heavy (non-hydrogen) atoms. The van der Waals surface area contributed by atoms with Gasteiger partial charge in [0.15, 0.2) is 0 Å². The molecule has 0 aromatic rings. The van der Waals surface area contributed by atoms with Crippen LogP contribution in [0, 0.1) is 11.3 Å². The molecule has 96 valence electrons. The molecule has 0 unspecified atom stereocenters. The molecule has 0 bridgehead atoms. The minimum Gasteiger partial charge on any atom is -0.371 e. The summed E-state index contributed by atoms with van der Waals surface area (Å²) in [5.41, 5.74) is 2.12. The van der Waals surface area contributed by atoms with E-state index in [2.05, 4.69) is 41.0 Å². The molecule has 0 N–H and O–H groups in total. The van der Waals surface area contributed by atoms with Gasteiger partial charge in [-0.1, -0.05) is 18.2 Å². The van der Waals surface area contributed by atoms with E-state index in [9.17, 15) is 0 Å². The summed E-state index contributed by atoms with van der Waals surface area (Å²) in [5, 5.41) is 9.15. The van der Waals surface area contributed by atoms with Crippen LogP contribution in [0.1, 0.15) is 19.8 Å². The smallest absolute Gasteiger partial charge is 0.101 e. The van der Waals surface area contributed by atoms with Crippen LogP contribution in [-0.4, -0.2) is 42.5 Å². The molecule has 1 heterocycles. The van der Waals surface area contributed by atoms with E-state index in [4.69, 9.17) is 5.26 Å². The molecule has 0 radical (unpaired) electrons. The van der Waals surface area contributed by atoms with E-state index in [1.807, 2.05) is 6.08 Å². The number of nitrogens with zero attached hydrogens (tertiary/aromatic N) is 3. The molecule has 2 aliphatic rings. The average molecular weight is 243 g/mol. The van der Waals surface area contributed by atoms with Crippen LogP contribution in [0.3, 0.4) is 0 Å². The van der Waals surface area contributed by atoms with Crippen molar-refractivity contribution >= 4 is 0 Å². The molecule has 0 saturated carbocycles. The second kappa shape index (κ2) is 6.42. The Bertz CT molecular complexity index is 404. The van der Waals surface area contributed by atoms with Gasteiger partial charge in [-0.15, -0.1) is 0 Å². The molecular weight excluding hydrogens is 222 g/mol. The number of rotatable bonds is 3. The van der Waals surface area contributed by atoms with Crippen LogP contribution in [0.2, 0.25) is 0 Å². The van der Waals surface area contributed by atoms with Gasteiger partial charge in [-0.2, -0.15) is 5.26 Å². The van der Waals surface area contributed by atoms with Crippen molar-refractivity contribution in [3.63, 3.8) is 0 Å². The van der Waals surface area contributed by atoms with E-state index in [0.29, 0.717) is 0 Å². The average Bonchev–Trinajstić information content (AvgIpc) is 2.45. The first-order chi connectivity index (χ1) is 8.85. The van der Waals surface area contributed by atoms with Crippen molar-refractivity contribution in [2.75, 3.05) is 32.7 Å². The van der Waals surface area contributed by atoms with Crippen LogP contribution in [0.25, 0.3) is 0 Å². The maximum Gasteiger partial charge on any atom is 0.101 e. The minimum atomic E-state index is 0.864. The van der Waals surface area contributed by atoms with Crippen LogP contribution >= 0.6 is 0 Å². The number of allylic oxidation sites excluding steroid dienone is 5. The SMILES string of the molecule is C/C=C\CN1CCN(C2=C(C#N)C=CCC2)CC1. The quantitative estimate of drug-likeness (QED) is 0.713. The number of hydrogen-bond acceptors (Lipinski definition) is 3. The van der Waals surface area contributed by atoms with Gasteiger partial charge in [0, 0.05) is 38.4 Å². The Morgan fingerprint density at radius 2 is 2.11 bits per heavy atom. The van der Waals surface area contributed by atoms with Crippen molar-refractivity contribution in [1.82, 2.24) is 9.80 Å². The Morgan fingerprint density at radius 1 is 1.33 bits per heavy atom. The van der Waals surface area contributed by atoms with Gasteiger partial charge in [-0.05, 0) is 25.8 Å². The lowest BCUT2D eigenvalue weighted by Gasteiger charge is -2.37. The molecule has 0 atom stereocenters. The van der Waals surface area contributed by atoms with Gasteiger partial charge in [0.25, 0.3) is 0 Å². The van der Waals surface area contributed by atoms with E-state index in [1.54, 1.807) is 0 Å². The predicted molar refractivity (Wildman–Crippen MR) is 73.8 cm³/mol. The molecule has 0 aromatic carbocycles. The van der Waals surface area contributed by atoms with Crippen molar-refractivity contribution in [1.29, 1.82) is 5.26 Å². The monoisotopic (exact) mass is 243 g/mol. The zero-order valence-electron chi connectivity index (χ0n) is 11.1. The molecule has 0 spiro atoms. The second-order valence-corrected chi connectivity index (χ2v) is 4.77. The van der Waals surface area contributed by atoms with Gasteiger partial charge in [0.05, 0.1) is 5.57 Å². The Labute approximate surface area is 110 Å². The first-order valence-corrected chi connectivity index (χ1v) is 6.73. The van der Waals surface area contributed by atoms with Crippen LogP contribution in [-0.2, 0) is 0 Å². The molecule has 1 saturated heterocycles. The molecule has 1 fully saturated rings. The lowest BCUT2D eigenvalue weighted by Crippen LogP contribution is -2.46. The molecule has 1 aliphatic heterocycles. The second-order valence-electron chi connectivity index (χ2n) is 4.77. The highest BCUT2D eigenvalue weighted by atomic mass is 15.3. The van der Waals surface area contributed by atoms with E-state index in [-0.39, 0.29) is 0 Å². The molecular formula is C15H21N3. The third-order valence-electron chi connectivity index (χ3n) is 3.62. The van der Waals surface area contributed by atoms with Crippen molar-refractivity contribution in [2.24, 2.45) is 0 Å². The molecule has 3 heteroatoms. The zero-order chi connectivity index (χ0) is 12.8. The summed E-state index contributed by atoms with van der Waals surface area (Å²) in [6.45, 7) is 7.40. The molecule has 1 aliphatic carbocycles. The summed E-state index contributed by atoms with van der Waals surface area (Å²) in [6, 6.07) is 2.32. The van der Waals surface area contributed by atoms with Crippen LogP contribution < -0.4 is 0 Å². The standard InChI is InChI=1S/C15H21N3/c1-2-3-8-17-9-11-18(12-10-17)15-7-5-4-6-14(15)13-16/h2-4,6H,5,7-12H2,1H3/b3-2-. The third-order valence-corrected chi connectivity index (χ3v) is 3.62. The van der Waals surface area contributed by atoms with Gasteiger partial charge >= 0.3 is 0 Å². The summed E-state index contributed by atoms with van der Waals surface area (Å²) >= 11 is 0. The molecule has 0 aromatic heterocycles. The van der Waals surface area contributed by atoms with Gasteiger partial charge < -0.3 is 4.90 Å². The Balaban J connectivity index is 1.95. The van der Waals surface area contributed by atoms with Gasteiger partial charge in [-0.25, -0.2) is 0 Å². The fourth-order valence-electron chi connectivity index (χ4n) is 2.54. The predicted octanol–water partition coefficient (Wildman–Crippen LogP) is 2.31. The zero-order valence-corrected chi connectivity index (χ0v) is 11.1. The highest BCUT2D eigenvalue weighted by molar-refractivity contribution is 5.39. The van der Waals surface area contributed by atoms with Crippen molar-refractivity contribution in [3.05, 3.63) is 35.6 Å². The Hall–Kier alpha value is -1.53. The number of nitriles is 1. The lowest BCUT2D eigenvalue weighted by atomic mass is 10.0. The van der Waals surface area contributed by atoms with Gasteiger partial charge in [0.1, 0.15) is 6.07 Å². The van der Waals surface area contributed by atoms with Crippen molar-refractivity contribution in [2.45, 2.75) is 19.8 Å². The molecule has 0 amide bonds. The maximum absolute atomic E-state index is 9.15. The third kappa shape index (κ3) is 3.02. The van der Waals surface area contributed by atoms with Crippen LogP contribution in [0.4, 0.5) is 0 Å². The maximum atomic E-state index is 9.15. The van der Waals surface area contributed by atoms with Gasteiger partial charge in [0.2, 0.25) is 0 Å². The molecule has 3 nitrogen and oxygen atoms in total. The Kier molecular flexibility index (Phi) is 4.60. The number of hydrogen-bond donors (Lipinski definition) is 0. The lowest BCUT2D eigenvalue weighted by molar-refractivity contribution is 0.167. The van der Waals surface area contributed by atoms with Crippen molar-refractivity contribution in [3.8, 4) is 6.07 Å². The van der Waals surface area contributed by atoms with E-state index in [1.165, 1.54) is 5.70 Å². The van der Waals surface area contributed by atoms with E-state index in [0.717, 1.165) is 51.1 Å². The summed E-state index contributed by atoms with van der Waals surface area (Å²) < 4.78 is 0. The van der Waals surface area contributed by atoms with Gasteiger partial charge in [-0.3, -0.25) is 4.90 Å². The molecule has 2 rings (SSSR count). The first kappa shape index (κ1) is 12.9. The number of piperazine rings is 1. The van der Waals surface area contributed by atoms with Crippen molar-refractivity contribution < 1.29 is 0 Å². The first-order valence-electron chi connectivity index (χ1n) is 6.73. The summed E-state index contributed by atoms with van der Waals surface area (Å²) in [7, 11) is 0. The summed E-state index contributed by atoms with van der Waals surface area (Å²) in [4.78, 5) is 4.86. The van der Waals surface area contributed by atoms with E-state index >= 15 is 0 Å². The van der Waals surface area contributed by atoms with Crippen LogP contribution in [0.15, 0.2) is 35.6 Å². The summed E-state index contributed by atoms with van der Waals surface area (Å²) in [5.74, 6) is 0. The highest BCUT2D eigenvalue weighted by Gasteiger charge is 2.20. The highest BCUT2D eigenvalue weighted by Crippen LogP contribution is 2.23. The fourth-order valence-corrected chi connectivity index (χ4v) is 2.54.